The predicted molar refractivity (Wildman–Crippen MR) is 74.5 cm³/mol. The summed E-state index contributed by atoms with van der Waals surface area (Å²) < 4.78 is 24.1. The van der Waals surface area contributed by atoms with Crippen molar-refractivity contribution >= 4 is 16.1 Å². The number of carbonyl (C=O) groups excluding carboxylic acids is 1. The summed E-state index contributed by atoms with van der Waals surface area (Å²) in [6.45, 7) is 1.93. The van der Waals surface area contributed by atoms with E-state index in [4.69, 9.17) is 0 Å². The smallest absolute Gasteiger partial charge is 0.317 e. The van der Waals surface area contributed by atoms with Gasteiger partial charge in [0.15, 0.2) is 0 Å². The molecule has 1 aromatic heterocycles. The van der Waals surface area contributed by atoms with Gasteiger partial charge in [-0.2, -0.15) is 4.31 Å². The van der Waals surface area contributed by atoms with Crippen LogP contribution >= 0.6 is 0 Å². The molecular formula is C12H18N4O3S. The van der Waals surface area contributed by atoms with Crippen LogP contribution in [0.5, 0.6) is 0 Å². The number of aromatic nitrogens is 1. The van der Waals surface area contributed by atoms with E-state index in [1.807, 2.05) is 12.1 Å². The third-order valence-electron chi connectivity index (χ3n) is 3.16. The van der Waals surface area contributed by atoms with Gasteiger partial charge in [0.25, 0.3) is 0 Å². The fraction of sp³-hybridized carbons (Fsp3) is 0.500. The van der Waals surface area contributed by atoms with Crippen LogP contribution in [-0.4, -0.2) is 61.1 Å². The fourth-order valence-corrected chi connectivity index (χ4v) is 2.84. The molecule has 110 valence electrons. The van der Waals surface area contributed by atoms with E-state index in [0.717, 1.165) is 5.56 Å². The number of rotatable bonds is 3. The summed E-state index contributed by atoms with van der Waals surface area (Å²) in [5.41, 5.74) is 0.927. The van der Waals surface area contributed by atoms with E-state index in [1.165, 1.54) is 10.6 Å². The predicted octanol–water partition coefficient (Wildman–Crippen LogP) is -0.132. The van der Waals surface area contributed by atoms with Crippen molar-refractivity contribution in [2.75, 3.05) is 32.4 Å². The van der Waals surface area contributed by atoms with Gasteiger partial charge in [-0.15, -0.1) is 0 Å². The van der Waals surface area contributed by atoms with Gasteiger partial charge in [0.2, 0.25) is 10.0 Å². The molecule has 0 aromatic carbocycles. The normalized spacial score (nSPS) is 16.9. The van der Waals surface area contributed by atoms with Crippen LogP contribution in [0.1, 0.15) is 5.56 Å². The van der Waals surface area contributed by atoms with Gasteiger partial charge in [0.1, 0.15) is 0 Å². The van der Waals surface area contributed by atoms with E-state index in [1.54, 1.807) is 17.3 Å². The number of carbonyl (C=O) groups is 1. The third kappa shape index (κ3) is 3.91. The number of nitrogens with zero attached hydrogens (tertiary/aromatic N) is 3. The quantitative estimate of drug-likeness (QED) is 0.842. The van der Waals surface area contributed by atoms with Crippen LogP contribution in [0.2, 0.25) is 0 Å². The number of hydrogen-bond acceptors (Lipinski definition) is 4. The Hall–Kier alpha value is -1.67. The van der Waals surface area contributed by atoms with Crippen molar-refractivity contribution in [2.24, 2.45) is 0 Å². The van der Waals surface area contributed by atoms with Gasteiger partial charge in [0, 0.05) is 45.1 Å². The minimum absolute atomic E-state index is 0.179. The topological polar surface area (TPSA) is 82.6 Å². The molecule has 2 heterocycles. The Balaban J connectivity index is 1.80. The molecule has 0 spiro atoms. The van der Waals surface area contributed by atoms with Crippen molar-refractivity contribution in [3.8, 4) is 0 Å². The monoisotopic (exact) mass is 298 g/mol. The highest BCUT2D eigenvalue weighted by Gasteiger charge is 2.25. The van der Waals surface area contributed by atoms with Crippen molar-refractivity contribution in [1.29, 1.82) is 0 Å². The largest absolute Gasteiger partial charge is 0.334 e. The van der Waals surface area contributed by atoms with Crippen LogP contribution < -0.4 is 5.32 Å². The van der Waals surface area contributed by atoms with E-state index in [2.05, 4.69) is 10.3 Å². The third-order valence-corrected chi connectivity index (χ3v) is 4.46. The number of piperazine rings is 1. The molecule has 0 saturated carbocycles. The molecule has 2 rings (SSSR count). The van der Waals surface area contributed by atoms with E-state index < -0.39 is 10.0 Å². The molecule has 1 saturated heterocycles. The van der Waals surface area contributed by atoms with Crippen LogP contribution in [0.4, 0.5) is 4.79 Å². The Labute approximate surface area is 118 Å². The summed E-state index contributed by atoms with van der Waals surface area (Å²) in [4.78, 5) is 17.6. The number of urea groups is 1. The highest BCUT2D eigenvalue weighted by molar-refractivity contribution is 7.88. The second-order valence-electron chi connectivity index (χ2n) is 4.67. The van der Waals surface area contributed by atoms with Crippen molar-refractivity contribution in [3.05, 3.63) is 30.1 Å². The lowest BCUT2D eigenvalue weighted by molar-refractivity contribution is 0.172. The lowest BCUT2D eigenvalue weighted by atomic mass is 10.3. The maximum Gasteiger partial charge on any atom is 0.317 e. The molecule has 8 heteroatoms. The maximum absolute atomic E-state index is 12.0. The van der Waals surface area contributed by atoms with Crippen LogP contribution in [0.15, 0.2) is 24.5 Å². The summed E-state index contributed by atoms with van der Waals surface area (Å²) in [7, 11) is -3.16. The van der Waals surface area contributed by atoms with Gasteiger partial charge >= 0.3 is 6.03 Å². The van der Waals surface area contributed by atoms with Gasteiger partial charge in [-0.25, -0.2) is 13.2 Å². The van der Waals surface area contributed by atoms with Gasteiger partial charge in [-0.05, 0) is 11.6 Å². The zero-order chi connectivity index (χ0) is 14.6. The minimum atomic E-state index is -3.16. The van der Waals surface area contributed by atoms with Crippen molar-refractivity contribution in [3.63, 3.8) is 0 Å². The Bertz CT molecular complexity index is 553. The van der Waals surface area contributed by atoms with E-state index in [9.17, 15) is 13.2 Å². The number of amides is 2. The SMILES string of the molecule is CS(=O)(=O)N1CCN(C(=O)NCc2cccnc2)CC1. The molecule has 0 bridgehead atoms. The standard InChI is InChI=1S/C12H18N4O3S/c1-20(18,19)16-7-5-15(6-8-16)12(17)14-10-11-3-2-4-13-9-11/h2-4,9H,5-8,10H2,1H3,(H,14,17). The number of nitrogens with one attached hydrogen (secondary N) is 1. The number of hydrogen-bond donors (Lipinski definition) is 1. The molecule has 1 aliphatic heterocycles. The molecule has 1 fully saturated rings. The highest BCUT2D eigenvalue weighted by Crippen LogP contribution is 2.06. The molecular weight excluding hydrogens is 280 g/mol. The zero-order valence-corrected chi connectivity index (χ0v) is 12.1. The van der Waals surface area contributed by atoms with Crippen molar-refractivity contribution in [1.82, 2.24) is 19.5 Å². The van der Waals surface area contributed by atoms with Crippen LogP contribution in [0.25, 0.3) is 0 Å². The molecule has 1 aliphatic rings. The van der Waals surface area contributed by atoms with Gasteiger partial charge in [-0.3, -0.25) is 4.98 Å². The van der Waals surface area contributed by atoms with Gasteiger partial charge < -0.3 is 10.2 Å². The number of sulfonamides is 1. The molecule has 0 aliphatic carbocycles. The molecule has 2 amide bonds. The first-order valence-electron chi connectivity index (χ1n) is 6.33. The molecule has 1 N–H and O–H groups in total. The van der Waals surface area contributed by atoms with Gasteiger partial charge in [0.05, 0.1) is 6.26 Å². The molecule has 0 atom stereocenters. The van der Waals surface area contributed by atoms with Crippen LogP contribution in [0, 0.1) is 0 Å². The number of pyridine rings is 1. The van der Waals surface area contributed by atoms with Gasteiger partial charge in [-0.1, -0.05) is 6.07 Å². The average Bonchev–Trinajstić information content (AvgIpc) is 2.45. The zero-order valence-electron chi connectivity index (χ0n) is 11.3. The molecule has 1 aromatic rings. The fourth-order valence-electron chi connectivity index (χ4n) is 2.02. The van der Waals surface area contributed by atoms with Crippen LogP contribution in [-0.2, 0) is 16.6 Å². The first kappa shape index (κ1) is 14.7. The van der Waals surface area contributed by atoms with Crippen molar-refractivity contribution in [2.45, 2.75) is 6.54 Å². The Morgan fingerprint density at radius 3 is 2.60 bits per heavy atom. The summed E-state index contributed by atoms with van der Waals surface area (Å²) >= 11 is 0. The minimum Gasteiger partial charge on any atom is -0.334 e. The first-order chi connectivity index (χ1) is 9.47. The lowest BCUT2D eigenvalue weighted by Crippen LogP contribution is -2.52. The molecule has 7 nitrogen and oxygen atoms in total. The Morgan fingerprint density at radius 1 is 1.35 bits per heavy atom. The van der Waals surface area contributed by atoms with E-state index >= 15 is 0 Å². The van der Waals surface area contributed by atoms with E-state index in [0.29, 0.717) is 32.7 Å². The second kappa shape index (κ2) is 6.19. The first-order valence-corrected chi connectivity index (χ1v) is 8.18. The second-order valence-corrected chi connectivity index (χ2v) is 6.65. The molecule has 20 heavy (non-hydrogen) atoms. The average molecular weight is 298 g/mol. The summed E-state index contributed by atoms with van der Waals surface area (Å²) in [6.07, 6.45) is 4.56. The van der Waals surface area contributed by atoms with Crippen LogP contribution in [0.3, 0.4) is 0 Å². The molecule has 0 radical (unpaired) electrons. The molecule has 0 unspecified atom stereocenters. The summed E-state index contributed by atoms with van der Waals surface area (Å²) in [5.74, 6) is 0. The lowest BCUT2D eigenvalue weighted by Gasteiger charge is -2.33. The summed E-state index contributed by atoms with van der Waals surface area (Å²) in [6, 6.07) is 3.52. The Kier molecular flexibility index (Phi) is 4.56. The Morgan fingerprint density at radius 2 is 2.05 bits per heavy atom. The van der Waals surface area contributed by atoms with E-state index in [-0.39, 0.29) is 6.03 Å². The maximum atomic E-state index is 12.0. The summed E-state index contributed by atoms with van der Waals surface area (Å²) in [5, 5.41) is 2.80. The highest BCUT2D eigenvalue weighted by atomic mass is 32.2. The van der Waals surface area contributed by atoms with Crippen molar-refractivity contribution < 1.29 is 13.2 Å².